The lowest BCUT2D eigenvalue weighted by Gasteiger charge is -2.39. The van der Waals surface area contributed by atoms with E-state index in [1.807, 2.05) is 24.1 Å². The molecule has 0 aliphatic carbocycles. The minimum Gasteiger partial charge on any atom is -0.353 e. The lowest BCUT2D eigenvalue weighted by Crippen LogP contribution is -2.57. The summed E-state index contributed by atoms with van der Waals surface area (Å²) in [5.74, 6) is 0.0202. The Labute approximate surface area is 221 Å². The Bertz CT molecular complexity index is 1670. The summed E-state index contributed by atoms with van der Waals surface area (Å²) in [4.78, 5) is 26.1. The predicted octanol–water partition coefficient (Wildman–Crippen LogP) is 4.05. The number of anilines is 1. The van der Waals surface area contributed by atoms with Gasteiger partial charge in [-0.3, -0.25) is 9.69 Å². The summed E-state index contributed by atoms with van der Waals surface area (Å²) in [5.41, 5.74) is 2.49. The van der Waals surface area contributed by atoms with Crippen LogP contribution in [-0.4, -0.2) is 63.3 Å². The number of nitrogens with zero attached hydrogens (tertiary/aromatic N) is 6. The van der Waals surface area contributed by atoms with E-state index < -0.39 is 6.04 Å². The molecule has 38 heavy (non-hydrogen) atoms. The summed E-state index contributed by atoms with van der Waals surface area (Å²) < 4.78 is 30.6. The Morgan fingerprint density at radius 1 is 1.11 bits per heavy atom. The molecule has 1 aliphatic heterocycles. The molecule has 1 atom stereocenters. The third-order valence-corrected chi connectivity index (χ3v) is 7.96. The Balaban J connectivity index is 1.21. The smallest absolute Gasteiger partial charge is 0.239 e. The SMILES string of the molecule is Cc1ccc(-n2cc3c(N4CCN(C)[C@@H](C(=O)NCc5ccc6scc(F)c6c5)C4)ncnc3n2)cc1F. The molecule has 3 aromatic heterocycles. The second kappa shape index (κ2) is 9.73. The van der Waals surface area contributed by atoms with Crippen LogP contribution in [0.15, 0.2) is 54.3 Å². The zero-order valence-electron chi connectivity index (χ0n) is 20.9. The normalized spacial score (nSPS) is 16.4. The van der Waals surface area contributed by atoms with Gasteiger partial charge in [0.1, 0.15) is 29.8 Å². The van der Waals surface area contributed by atoms with Gasteiger partial charge < -0.3 is 10.2 Å². The quantitative estimate of drug-likeness (QED) is 0.367. The summed E-state index contributed by atoms with van der Waals surface area (Å²) in [6.45, 7) is 3.78. The Morgan fingerprint density at radius 2 is 1.97 bits per heavy atom. The van der Waals surface area contributed by atoms with E-state index in [-0.39, 0.29) is 17.5 Å². The largest absolute Gasteiger partial charge is 0.353 e. The number of carbonyl (C=O) groups is 1. The van der Waals surface area contributed by atoms with Crippen molar-refractivity contribution >= 4 is 44.2 Å². The van der Waals surface area contributed by atoms with Gasteiger partial charge in [-0.1, -0.05) is 12.1 Å². The number of rotatable bonds is 5. The molecular formula is C27H25F2N7OS. The fourth-order valence-electron chi connectivity index (χ4n) is 4.75. The van der Waals surface area contributed by atoms with Crippen molar-refractivity contribution in [2.45, 2.75) is 19.5 Å². The van der Waals surface area contributed by atoms with Crippen molar-refractivity contribution in [2.75, 3.05) is 31.6 Å². The standard InChI is InChI=1S/C27H25F2N7OS/c1-16-3-5-18(10-21(16)28)36-12-20-25(33-36)31-15-32-26(20)35-8-7-34(2)23(13-35)27(37)30-11-17-4-6-24-19(9-17)22(29)14-38-24/h3-6,9-10,12,14-15,23H,7-8,11,13H2,1-2H3,(H,30,37)/t23-/m1/s1. The molecule has 1 saturated heterocycles. The van der Waals surface area contributed by atoms with Crippen molar-refractivity contribution in [1.29, 1.82) is 0 Å². The molecule has 1 N–H and O–H groups in total. The van der Waals surface area contributed by atoms with Crippen molar-refractivity contribution in [3.63, 3.8) is 0 Å². The second-order valence-electron chi connectivity index (χ2n) is 9.52. The van der Waals surface area contributed by atoms with Crippen LogP contribution in [0.1, 0.15) is 11.1 Å². The number of halogens is 2. The second-order valence-corrected chi connectivity index (χ2v) is 10.4. The molecule has 1 aliphatic rings. The van der Waals surface area contributed by atoms with E-state index in [1.54, 1.807) is 36.0 Å². The molecule has 194 valence electrons. The van der Waals surface area contributed by atoms with Gasteiger partial charge in [0, 0.05) is 47.8 Å². The molecule has 1 fully saturated rings. The third kappa shape index (κ3) is 4.48. The lowest BCUT2D eigenvalue weighted by molar-refractivity contribution is -0.126. The number of nitrogens with one attached hydrogen (secondary N) is 1. The van der Waals surface area contributed by atoms with Crippen LogP contribution >= 0.6 is 11.3 Å². The number of aryl methyl sites for hydroxylation is 1. The number of amides is 1. The molecule has 11 heteroatoms. The van der Waals surface area contributed by atoms with Gasteiger partial charge in [-0.05, 0) is 49.4 Å². The van der Waals surface area contributed by atoms with Crippen molar-refractivity contribution in [1.82, 2.24) is 30.0 Å². The summed E-state index contributed by atoms with van der Waals surface area (Å²) in [6, 6.07) is 10.1. The van der Waals surface area contributed by atoms with E-state index in [0.717, 1.165) is 15.6 Å². The van der Waals surface area contributed by atoms with Gasteiger partial charge >= 0.3 is 0 Å². The third-order valence-electron chi connectivity index (χ3n) is 7.02. The van der Waals surface area contributed by atoms with Crippen molar-refractivity contribution in [3.05, 3.63) is 77.1 Å². The molecule has 0 bridgehead atoms. The average Bonchev–Trinajstić information content (AvgIpc) is 3.52. The van der Waals surface area contributed by atoms with E-state index in [1.165, 1.54) is 29.1 Å². The highest BCUT2D eigenvalue weighted by Gasteiger charge is 2.31. The van der Waals surface area contributed by atoms with E-state index in [9.17, 15) is 13.6 Å². The van der Waals surface area contributed by atoms with Crippen LogP contribution in [0.2, 0.25) is 0 Å². The number of aromatic nitrogens is 4. The number of fused-ring (bicyclic) bond motifs is 2. The highest BCUT2D eigenvalue weighted by molar-refractivity contribution is 7.17. The maximum Gasteiger partial charge on any atom is 0.239 e. The fraction of sp³-hybridized carbons (Fsp3) is 0.259. The number of thiophene rings is 1. The van der Waals surface area contributed by atoms with Crippen LogP contribution in [0.25, 0.3) is 26.8 Å². The maximum absolute atomic E-state index is 14.2. The summed E-state index contributed by atoms with van der Waals surface area (Å²) in [6.07, 6.45) is 3.25. The first kappa shape index (κ1) is 24.4. The first-order valence-electron chi connectivity index (χ1n) is 12.2. The van der Waals surface area contributed by atoms with Crippen LogP contribution < -0.4 is 10.2 Å². The number of hydrogen-bond donors (Lipinski definition) is 1. The minimum atomic E-state index is -0.406. The Hall–Kier alpha value is -3.96. The maximum atomic E-state index is 14.2. The molecule has 6 rings (SSSR count). The Kier molecular flexibility index (Phi) is 6.24. The topological polar surface area (TPSA) is 79.2 Å². The van der Waals surface area contributed by atoms with Gasteiger partial charge in [0.05, 0.1) is 11.1 Å². The van der Waals surface area contributed by atoms with Crippen LogP contribution in [0.3, 0.4) is 0 Å². The number of likely N-dealkylation sites (N-methyl/N-ethyl adjacent to an activating group) is 1. The molecule has 0 spiro atoms. The number of benzene rings is 2. The first-order chi connectivity index (χ1) is 18.4. The molecule has 0 saturated carbocycles. The zero-order chi connectivity index (χ0) is 26.4. The average molecular weight is 534 g/mol. The van der Waals surface area contributed by atoms with Gasteiger partial charge in [0.15, 0.2) is 5.65 Å². The van der Waals surface area contributed by atoms with E-state index in [4.69, 9.17) is 0 Å². The summed E-state index contributed by atoms with van der Waals surface area (Å²) in [7, 11) is 1.92. The molecule has 2 aromatic carbocycles. The van der Waals surface area contributed by atoms with E-state index >= 15 is 0 Å². The highest BCUT2D eigenvalue weighted by atomic mass is 32.1. The van der Waals surface area contributed by atoms with Gasteiger partial charge in [0.25, 0.3) is 0 Å². The van der Waals surface area contributed by atoms with Gasteiger partial charge in [-0.15, -0.1) is 16.4 Å². The van der Waals surface area contributed by atoms with E-state index in [2.05, 4.69) is 25.3 Å². The van der Waals surface area contributed by atoms with Crippen LogP contribution in [0.5, 0.6) is 0 Å². The summed E-state index contributed by atoms with van der Waals surface area (Å²) in [5, 5.41) is 10.3. The minimum absolute atomic E-state index is 0.112. The van der Waals surface area contributed by atoms with Crippen LogP contribution in [0, 0.1) is 18.6 Å². The Morgan fingerprint density at radius 3 is 2.82 bits per heavy atom. The molecule has 8 nitrogen and oxygen atoms in total. The number of hydrogen-bond acceptors (Lipinski definition) is 7. The molecule has 1 amide bonds. The predicted molar refractivity (Wildman–Crippen MR) is 144 cm³/mol. The fourth-order valence-corrected chi connectivity index (χ4v) is 5.53. The first-order valence-corrected chi connectivity index (χ1v) is 13.1. The molecular weight excluding hydrogens is 508 g/mol. The zero-order valence-corrected chi connectivity index (χ0v) is 21.7. The van der Waals surface area contributed by atoms with Crippen LogP contribution in [-0.2, 0) is 11.3 Å². The lowest BCUT2D eigenvalue weighted by atomic mass is 10.1. The molecule has 0 radical (unpaired) electrons. The van der Waals surface area contributed by atoms with E-state index in [0.29, 0.717) is 54.3 Å². The number of carbonyl (C=O) groups excluding carboxylic acids is 1. The van der Waals surface area contributed by atoms with Crippen molar-refractivity contribution in [2.24, 2.45) is 0 Å². The summed E-state index contributed by atoms with van der Waals surface area (Å²) >= 11 is 1.36. The number of piperazine rings is 1. The van der Waals surface area contributed by atoms with Crippen LogP contribution in [0.4, 0.5) is 14.6 Å². The molecule has 4 heterocycles. The van der Waals surface area contributed by atoms with Gasteiger partial charge in [-0.2, -0.15) is 0 Å². The van der Waals surface area contributed by atoms with Gasteiger partial charge in [-0.25, -0.2) is 23.4 Å². The molecule has 5 aromatic rings. The van der Waals surface area contributed by atoms with Gasteiger partial charge in [0.2, 0.25) is 5.91 Å². The monoisotopic (exact) mass is 533 g/mol. The molecule has 0 unspecified atom stereocenters. The highest BCUT2D eigenvalue weighted by Crippen LogP contribution is 2.27. The van der Waals surface area contributed by atoms with Crippen molar-refractivity contribution in [3.8, 4) is 5.69 Å². The van der Waals surface area contributed by atoms with Crippen molar-refractivity contribution < 1.29 is 13.6 Å².